The molecule has 0 aromatic carbocycles. The largest absolute Gasteiger partial charge is 0.469 e. The van der Waals surface area contributed by atoms with Crippen molar-refractivity contribution in [2.75, 3.05) is 41.0 Å². The van der Waals surface area contributed by atoms with Crippen LogP contribution in [0.5, 0.6) is 0 Å². The fourth-order valence-corrected chi connectivity index (χ4v) is 2.30. The zero-order chi connectivity index (χ0) is 13.1. The van der Waals surface area contributed by atoms with Crippen molar-refractivity contribution in [3.05, 3.63) is 0 Å². The Hall–Kier alpha value is -0.650. The standard InChI is InChI=1S/C12H23NO4/c1-12(2,11(14)17-5)8-13-6-9(15-3)10(7-13)16-4/h9-10H,6-8H2,1-5H3. The Morgan fingerprint density at radius 2 is 1.65 bits per heavy atom. The van der Waals surface area contributed by atoms with Crippen molar-refractivity contribution >= 4 is 5.97 Å². The predicted octanol–water partition coefficient (Wildman–Crippen LogP) is 0.531. The SMILES string of the molecule is COC(=O)C(C)(C)CN1CC(OC)C(OC)C1. The number of hydrogen-bond acceptors (Lipinski definition) is 5. The third-order valence-electron chi connectivity index (χ3n) is 3.25. The first-order valence-corrected chi connectivity index (χ1v) is 5.81. The number of carbonyl (C=O) groups is 1. The fraction of sp³-hybridized carbons (Fsp3) is 0.917. The Labute approximate surface area is 103 Å². The van der Waals surface area contributed by atoms with Gasteiger partial charge in [-0.1, -0.05) is 0 Å². The molecule has 1 rings (SSSR count). The van der Waals surface area contributed by atoms with E-state index in [0.29, 0.717) is 6.54 Å². The number of likely N-dealkylation sites (tertiary alicyclic amines) is 1. The highest BCUT2D eigenvalue weighted by molar-refractivity contribution is 5.76. The van der Waals surface area contributed by atoms with Crippen molar-refractivity contribution in [2.24, 2.45) is 5.41 Å². The second kappa shape index (κ2) is 5.80. The molecule has 0 N–H and O–H groups in total. The first-order valence-electron chi connectivity index (χ1n) is 5.81. The van der Waals surface area contributed by atoms with Gasteiger partial charge in [0.05, 0.1) is 24.7 Å². The first kappa shape index (κ1) is 14.4. The summed E-state index contributed by atoms with van der Waals surface area (Å²) in [6.45, 7) is 6.01. The van der Waals surface area contributed by atoms with Crippen LogP contribution in [0.25, 0.3) is 0 Å². The Balaban J connectivity index is 2.57. The third-order valence-corrected chi connectivity index (χ3v) is 3.25. The molecule has 1 heterocycles. The molecule has 1 saturated heterocycles. The molecule has 0 bridgehead atoms. The maximum atomic E-state index is 11.6. The van der Waals surface area contributed by atoms with Crippen LogP contribution in [0.2, 0.25) is 0 Å². The van der Waals surface area contributed by atoms with Crippen LogP contribution in [0.3, 0.4) is 0 Å². The van der Waals surface area contributed by atoms with E-state index in [1.807, 2.05) is 13.8 Å². The van der Waals surface area contributed by atoms with Gasteiger partial charge in [0.25, 0.3) is 0 Å². The van der Waals surface area contributed by atoms with E-state index >= 15 is 0 Å². The van der Waals surface area contributed by atoms with Crippen LogP contribution in [0.4, 0.5) is 0 Å². The average Bonchev–Trinajstić information content (AvgIpc) is 2.69. The van der Waals surface area contributed by atoms with Gasteiger partial charge in [0.2, 0.25) is 0 Å². The summed E-state index contributed by atoms with van der Waals surface area (Å²) in [5.74, 6) is -0.188. The molecule has 0 aromatic rings. The third kappa shape index (κ3) is 3.40. The topological polar surface area (TPSA) is 48.0 Å². The van der Waals surface area contributed by atoms with Gasteiger partial charge in [-0.15, -0.1) is 0 Å². The molecule has 100 valence electrons. The Kier molecular flexibility index (Phi) is 4.91. The molecule has 0 amide bonds. The molecule has 0 spiro atoms. The summed E-state index contributed by atoms with van der Waals surface area (Å²) in [7, 11) is 4.79. The van der Waals surface area contributed by atoms with Gasteiger partial charge in [0, 0.05) is 33.9 Å². The zero-order valence-electron chi connectivity index (χ0n) is 11.4. The van der Waals surface area contributed by atoms with Crippen LogP contribution < -0.4 is 0 Å². The number of rotatable bonds is 5. The molecule has 17 heavy (non-hydrogen) atoms. The van der Waals surface area contributed by atoms with Gasteiger partial charge in [0.1, 0.15) is 0 Å². The van der Waals surface area contributed by atoms with Crippen molar-refractivity contribution in [1.29, 1.82) is 0 Å². The maximum absolute atomic E-state index is 11.6. The molecule has 0 aromatic heterocycles. The van der Waals surface area contributed by atoms with Crippen molar-refractivity contribution < 1.29 is 19.0 Å². The van der Waals surface area contributed by atoms with E-state index in [-0.39, 0.29) is 18.2 Å². The number of hydrogen-bond donors (Lipinski definition) is 0. The first-order chi connectivity index (χ1) is 7.94. The van der Waals surface area contributed by atoms with E-state index in [9.17, 15) is 4.79 Å². The summed E-state index contributed by atoms with van der Waals surface area (Å²) >= 11 is 0. The highest BCUT2D eigenvalue weighted by Gasteiger charge is 2.38. The number of esters is 1. The molecule has 5 nitrogen and oxygen atoms in total. The van der Waals surface area contributed by atoms with Gasteiger partial charge >= 0.3 is 5.97 Å². The molecule has 2 unspecified atom stereocenters. The summed E-state index contributed by atoms with van der Waals surface area (Å²) in [6, 6.07) is 0. The molecule has 0 saturated carbocycles. The molecule has 2 atom stereocenters. The van der Waals surface area contributed by atoms with Crippen molar-refractivity contribution in [3.63, 3.8) is 0 Å². The van der Waals surface area contributed by atoms with Gasteiger partial charge in [-0.3, -0.25) is 9.69 Å². The van der Waals surface area contributed by atoms with Crippen LogP contribution in [-0.4, -0.2) is 64.0 Å². The van der Waals surface area contributed by atoms with E-state index in [2.05, 4.69) is 4.90 Å². The highest BCUT2D eigenvalue weighted by Crippen LogP contribution is 2.23. The van der Waals surface area contributed by atoms with Gasteiger partial charge in [-0.2, -0.15) is 0 Å². The highest BCUT2D eigenvalue weighted by atomic mass is 16.5. The molecular weight excluding hydrogens is 222 g/mol. The fourth-order valence-electron chi connectivity index (χ4n) is 2.30. The lowest BCUT2D eigenvalue weighted by Crippen LogP contribution is -2.39. The number of nitrogens with zero attached hydrogens (tertiary/aromatic N) is 1. The van der Waals surface area contributed by atoms with Crippen molar-refractivity contribution in [2.45, 2.75) is 26.1 Å². The van der Waals surface area contributed by atoms with Crippen LogP contribution in [-0.2, 0) is 19.0 Å². The van der Waals surface area contributed by atoms with Crippen molar-refractivity contribution in [1.82, 2.24) is 4.90 Å². The summed E-state index contributed by atoms with van der Waals surface area (Å²) < 4.78 is 15.5. The summed E-state index contributed by atoms with van der Waals surface area (Å²) in [4.78, 5) is 13.8. The van der Waals surface area contributed by atoms with Crippen molar-refractivity contribution in [3.8, 4) is 0 Å². The minimum atomic E-state index is -0.504. The van der Waals surface area contributed by atoms with E-state index in [1.54, 1.807) is 14.2 Å². The molecule has 1 fully saturated rings. The second-order valence-corrected chi connectivity index (χ2v) is 5.12. The molecule has 0 aliphatic carbocycles. The van der Waals surface area contributed by atoms with Gasteiger partial charge in [0.15, 0.2) is 0 Å². The van der Waals surface area contributed by atoms with Gasteiger partial charge in [-0.05, 0) is 13.8 Å². The Morgan fingerprint density at radius 1 is 1.18 bits per heavy atom. The minimum Gasteiger partial charge on any atom is -0.469 e. The van der Waals surface area contributed by atoms with E-state index < -0.39 is 5.41 Å². The van der Waals surface area contributed by atoms with E-state index in [1.165, 1.54) is 7.11 Å². The van der Waals surface area contributed by atoms with Crippen LogP contribution in [0.1, 0.15) is 13.8 Å². The monoisotopic (exact) mass is 245 g/mol. The Morgan fingerprint density at radius 3 is 2.00 bits per heavy atom. The second-order valence-electron chi connectivity index (χ2n) is 5.12. The molecule has 0 radical (unpaired) electrons. The minimum absolute atomic E-state index is 0.0773. The van der Waals surface area contributed by atoms with E-state index in [4.69, 9.17) is 14.2 Å². The normalized spacial score (nSPS) is 26.2. The average molecular weight is 245 g/mol. The molecule has 5 heteroatoms. The molecular formula is C12H23NO4. The van der Waals surface area contributed by atoms with E-state index in [0.717, 1.165) is 13.1 Å². The smallest absolute Gasteiger partial charge is 0.312 e. The zero-order valence-corrected chi connectivity index (χ0v) is 11.4. The van der Waals surface area contributed by atoms with Crippen LogP contribution in [0, 0.1) is 5.41 Å². The molecule has 1 aliphatic rings. The summed E-state index contributed by atoms with van der Waals surface area (Å²) in [6.07, 6.45) is 0.155. The number of methoxy groups -OCH3 is 3. The summed E-state index contributed by atoms with van der Waals surface area (Å²) in [5, 5.41) is 0. The lowest BCUT2D eigenvalue weighted by Gasteiger charge is -2.27. The predicted molar refractivity (Wildman–Crippen MR) is 63.8 cm³/mol. The number of ether oxygens (including phenoxy) is 3. The number of carbonyl (C=O) groups excluding carboxylic acids is 1. The summed E-state index contributed by atoms with van der Waals surface area (Å²) in [5.41, 5.74) is -0.504. The van der Waals surface area contributed by atoms with Gasteiger partial charge in [-0.25, -0.2) is 0 Å². The lowest BCUT2D eigenvalue weighted by atomic mass is 9.93. The lowest BCUT2D eigenvalue weighted by molar-refractivity contribution is -0.151. The van der Waals surface area contributed by atoms with Crippen LogP contribution in [0.15, 0.2) is 0 Å². The Bertz CT molecular complexity index is 255. The van der Waals surface area contributed by atoms with Crippen LogP contribution >= 0.6 is 0 Å². The van der Waals surface area contributed by atoms with Gasteiger partial charge < -0.3 is 14.2 Å². The molecule has 1 aliphatic heterocycles. The quantitative estimate of drug-likeness (QED) is 0.661. The maximum Gasteiger partial charge on any atom is 0.312 e.